The van der Waals surface area contributed by atoms with Crippen LogP contribution in [0.25, 0.3) is 0 Å². The molecule has 136 valence electrons. The fraction of sp³-hybridized carbons (Fsp3) is 0.500. The highest BCUT2D eigenvalue weighted by molar-refractivity contribution is 14.1. The third-order valence-electron chi connectivity index (χ3n) is 3.62. The number of nitrogens with zero attached hydrogens (tertiary/aromatic N) is 4. The van der Waals surface area contributed by atoms with Crippen molar-refractivity contribution in [1.29, 1.82) is 0 Å². The lowest BCUT2D eigenvalue weighted by Gasteiger charge is -2.21. The fourth-order valence-electron chi connectivity index (χ4n) is 2.17. The van der Waals surface area contributed by atoms with Crippen molar-refractivity contribution in [3.63, 3.8) is 0 Å². The quantitative estimate of drug-likeness (QED) is 0.470. The van der Waals surface area contributed by atoms with Crippen LogP contribution in [0.2, 0.25) is 0 Å². The minimum atomic E-state index is -0.528. The third-order valence-corrected chi connectivity index (χ3v) is 5.56. The zero-order valence-electron chi connectivity index (χ0n) is 14.5. The molecule has 1 N–H and O–H groups in total. The predicted octanol–water partition coefficient (Wildman–Crippen LogP) is 3.02. The Kier molecular flexibility index (Phi) is 7.36. The average molecular weight is 475 g/mol. The summed E-state index contributed by atoms with van der Waals surface area (Å²) >= 11 is 3.33. The Balaban J connectivity index is 1.88. The molecule has 0 aliphatic rings. The van der Waals surface area contributed by atoms with Crippen molar-refractivity contribution in [2.24, 2.45) is 0 Å². The zero-order chi connectivity index (χ0) is 18.4. The summed E-state index contributed by atoms with van der Waals surface area (Å²) in [6.07, 6.45) is 5.73. The minimum absolute atomic E-state index is 0.0878. The maximum absolute atomic E-state index is 12.4. The number of halogens is 1. The lowest BCUT2D eigenvalue weighted by molar-refractivity contribution is -0.111. The molecule has 0 aliphatic heterocycles. The zero-order valence-corrected chi connectivity index (χ0v) is 17.5. The largest absolute Gasteiger partial charge is 0.337 e. The molecule has 0 aromatic carbocycles. The van der Waals surface area contributed by atoms with E-state index in [1.807, 2.05) is 16.1 Å². The number of hydrogen-bond acceptors (Lipinski definition) is 5. The summed E-state index contributed by atoms with van der Waals surface area (Å²) in [6.45, 7) is 5.22. The van der Waals surface area contributed by atoms with Gasteiger partial charge in [0.15, 0.2) is 0 Å². The van der Waals surface area contributed by atoms with Crippen LogP contribution >= 0.6 is 33.9 Å². The van der Waals surface area contributed by atoms with E-state index in [0.717, 1.165) is 10.7 Å². The number of aryl methyl sites for hydroxylation is 1. The molecule has 2 amide bonds. The summed E-state index contributed by atoms with van der Waals surface area (Å²) in [5.41, 5.74) is 0.863. The van der Waals surface area contributed by atoms with Crippen molar-refractivity contribution in [1.82, 2.24) is 24.8 Å². The van der Waals surface area contributed by atoms with Crippen LogP contribution in [0.3, 0.4) is 0 Å². The molecule has 1 atom stereocenters. The number of urea groups is 1. The molecule has 7 nitrogen and oxygen atoms in total. The van der Waals surface area contributed by atoms with E-state index in [4.69, 9.17) is 0 Å². The smallest absolute Gasteiger partial charge is 0.318 e. The Morgan fingerprint density at radius 1 is 1.44 bits per heavy atom. The highest BCUT2D eigenvalue weighted by Crippen LogP contribution is 2.19. The molecule has 0 saturated carbocycles. The van der Waals surface area contributed by atoms with E-state index < -0.39 is 6.04 Å². The van der Waals surface area contributed by atoms with Gasteiger partial charge in [0.05, 0.1) is 23.6 Å². The molecule has 0 radical (unpaired) electrons. The van der Waals surface area contributed by atoms with Gasteiger partial charge in [-0.05, 0) is 6.42 Å². The van der Waals surface area contributed by atoms with Gasteiger partial charge in [-0.25, -0.2) is 14.8 Å². The van der Waals surface area contributed by atoms with E-state index in [1.165, 1.54) is 0 Å². The van der Waals surface area contributed by atoms with E-state index in [0.29, 0.717) is 25.4 Å². The van der Waals surface area contributed by atoms with Gasteiger partial charge in [-0.1, -0.05) is 13.8 Å². The Morgan fingerprint density at radius 3 is 2.76 bits per heavy atom. The number of nitrogens with one attached hydrogen (secondary N) is 1. The molecule has 25 heavy (non-hydrogen) atoms. The van der Waals surface area contributed by atoms with E-state index in [-0.39, 0.29) is 9.82 Å². The Morgan fingerprint density at radius 2 is 2.20 bits per heavy atom. The maximum Gasteiger partial charge on any atom is 0.318 e. The summed E-state index contributed by atoms with van der Waals surface area (Å²) in [5.74, 6) is 0.377. The predicted molar refractivity (Wildman–Crippen MR) is 106 cm³/mol. The number of carbonyl (C=O) groups is 2. The first-order valence-electron chi connectivity index (χ1n) is 7.97. The van der Waals surface area contributed by atoms with E-state index in [1.54, 1.807) is 58.4 Å². The molecule has 2 aromatic heterocycles. The van der Waals surface area contributed by atoms with E-state index in [9.17, 15) is 9.59 Å². The van der Waals surface area contributed by atoms with Crippen LogP contribution in [0.5, 0.6) is 0 Å². The highest BCUT2D eigenvalue weighted by Gasteiger charge is 2.21. The van der Waals surface area contributed by atoms with Crippen LogP contribution in [0.15, 0.2) is 24.1 Å². The van der Waals surface area contributed by atoms with Gasteiger partial charge < -0.3 is 14.8 Å². The number of hydrogen-bond donors (Lipinski definition) is 1. The van der Waals surface area contributed by atoms with Gasteiger partial charge in [-0.15, -0.1) is 11.3 Å². The summed E-state index contributed by atoms with van der Waals surface area (Å²) in [5, 5.41) is 5.83. The van der Waals surface area contributed by atoms with Gasteiger partial charge >= 0.3 is 6.03 Å². The lowest BCUT2D eigenvalue weighted by atomic mass is 10.2. The second-order valence-corrected chi connectivity index (χ2v) is 8.04. The second kappa shape index (κ2) is 9.27. The van der Waals surface area contributed by atoms with Gasteiger partial charge in [0.2, 0.25) is 3.79 Å². The molecule has 2 aromatic rings. The Hall–Kier alpha value is -1.49. The molecule has 2 rings (SSSR count). The van der Waals surface area contributed by atoms with Crippen molar-refractivity contribution >= 4 is 43.7 Å². The van der Waals surface area contributed by atoms with Crippen LogP contribution in [0.1, 0.15) is 36.9 Å². The normalized spacial score (nSPS) is 12.2. The summed E-state index contributed by atoms with van der Waals surface area (Å²) in [4.78, 5) is 34.2. The third kappa shape index (κ3) is 6.07. The van der Waals surface area contributed by atoms with Crippen molar-refractivity contribution < 1.29 is 9.59 Å². The van der Waals surface area contributed by atoms with Crippen molar-refractivity contribution in [3.05, 3.63) is 34.8 Å². The molecule has 0 bridgehead atoms. The monoisotopic (exact) mass is 475 g/mol. The molecule has 0 saturated heterocycles. The van der Waals surface area contributed by atoms with Gasteiger partial charge in [-0.3, -0.25) is 4.79 Å². The molecular weight excluding hydrogens is 453 g/mol. The summed E-state index contributed by atoms with van der Waals surface area (Å²) in [6, 6.07) is -0.806. The van der Waals surface area contributed by atoms with Gasteiger partial charge in [0.25, 0.3) is 0 Å². The van der Waals surface area contributed by atoms with E-state index >= 15 is 0 Å². The number of aromatic nitrogens is 3. The first kappa shape index (κ1) is 19.8. The number of rotatable bonds is 8. The second-order valence-electron chi connectivity index (χ2n) is 6.08. The van der Waals surface area contributed by atoms with Crippen LogP contribution < -0.4 is 5.32 Å². The van der Waals surface area contributed by atoms with Gasteiger partial charge in [0, 0.05) is 59.9 Å². The van der Waals surface area contributed by atoms with Gasteiger partial charge in [0.1, 0.15) is 6.04 Å². The SMILES string of the molecule is CC(C)c1nc(CN(C)C(=O)NC(CCn2ccnc2)C(=O)I)cs1. The van der Waals surface area contributed by atoms with Crippen molar-refractivity contribution in [3.8, 4) is 0 Å². The molecule has 0 spiro atoms. The number of carbonyl (C=O) groups excluding carboxylic acids is 2. The molecule has 0 fully saturated rings. The molecule has 1 unspecified atom stereocenters. The van der Waals surface area contributed by atoms with Crippen molar-refractivity contribution in [2.45, 2.75) is 45.3 Å². The van der Waals surface area contributed by atoms with Crippen LogP contribution in [0, 0.1) is 0 Å². The Bertz CT molecular complexity index is 701. The molecule has 2 heterocycles. The maximum atomic E-state index is 12.4. The first-order valence-corrected chi connectivity index (χ1v) is 9.93. The van der Waals surface area contributed by atoms with Crippen LogP contribution in [0.4, 0.5) is 4.79 Å². The van der Waals surface area contributed by atoms with Crippen LogP contribution in [-0.4, -0.2) is 42.3 Å². The highest BCUT2D eigenvalue weighted by atomic mass is 127. The van der Waals surface area contributed by atoms with Crippen LogP contribution in [-0.2, 0) is 17.9 Å². The first-order chi connectivity index (χ1) is 11.9. The minimum Gasteiger partial charge on any atom is -0.337 e. The summed E-state index contributed by atoms with van der Waals surface area (Å²) < 4.78 is 1.79. The standard InChI is InChI=1S/C16H22IN5O2S/c1-11(2)15-19-12(9-25-15)8-21(3)16(24)20-13(14(17)23)4-6-22-7-5-18-10-22/h5,7,9-11,13H,4,6,8H2,1-3H3,(H,20,24). The fourth-order valence-corrected chi connectivity index (χ4v) is 3.47. The lowest BCUT2D eigenvalue weighted by Crippen LogP contribution is -2.45. The Labute approximate surface area is 165 Å². The van der Waals surface area contributed by atoms with E-state index in [2.05, 4.69) is 29.1 Å². The summed E-state index contributed by atoms with van der Waals surface area (Å²) in [7, 11) is 1.70. The molecular formula is C16H22IN5O2S. The number of imidazole rings is 1. The van der Waals surface area contributed by atoms with Crippen molar-refractivity contribution in [2.75, 3.05) is 7.05 Å². The topological polar surface area (TPSA) is 80.1 Å². The van der Waals surface area contributed by atoms with Gasteiger partial charge in [-0.2, -0.15) is 0 Å². The average Bonchev–Trinajstić information content (AvgIpc) is 3.22. The molecule has 9 heteroatoms. The molecule has 0 aliphatic carbocycles. The number of amides is 2. The number of thiazole rings is 1.